The SMILES string of the molecule is O=C1CC[C@H]2[C@@H]3C[C@]34C[C@@]23C2=C4C=CC(O)C2O[C@@H]13. The van der Waals surface area contributed by atoms with Gasteiger partial charge in [0.2, 0.25) is 0 Å². The lowest BCUT2D eigenvalue weighted by Gasteiger charge is -2.41. The summed E-state index contributed by atoms with van der Waals surface area (Å²) in [5.74, 6) is 1.73. The Labute approximate surface area is 111 Å². The summed E-state index contributed by atoms with van der Waals surface area (Å²) >= 11 is 0. The number of aliphatic hydroxyl groups is 1. The maximum atomic E-state index is 12.3. The molecule has 2 bridgehead atoms. The largest absolute Gasteiger partial charge is 0.386 e. The first-order valence-corrected chi connectivity index (χ1v) is 7.48. The monoisotopic (exact) mass is 256 g/mol. The molecule has 0 aromatic rings. The number of hydrogen-bond donors (Lipinski definition) is 1. The number of Topliss-reactive ketones (excluding diaryl/α,β-unsaturated/α-hetero) is 1. The van der Waals surface area contributed by atoms with Gasteiger partial charge < -0.3 is 9.84 Å². The van der Waals surface area contributed by atoms with Crippen LogP contribution >= 0.6 is 0 Å². The molecule has 0 amide bonds. The first-order chi connectivity index (χ1) is 9.18. The first-order valence-electron chi connectivity index (χ1n) is 7.48. The maximum absolute atomic E-state index is 12.3. The van der Waals surface area contributed by atoms with Gasteiger partial charge in [-0.05, 0) is 47.7 Å². The van der Waals surface area contributed by atoms with E-state index in [0.29, 0.717) is 17.8 Å². The Morgan fingerprint density at radius 1 is 1.37 bits per heavy atom. The highest BCUT2D eigenvalue weighted by molar-refractivity contribution is 5.88. The number of aliphatic hydroxyl groups excluding tert-OH is 1. The van der Waals surface area contributed by atoms with Crippen LogP contribution in [-0.2, 0) is 9.53 Å². The molecule has 1 heterocycles. The molecule has 1 saturated heterocycles. The van der Waals surface area contributed by atoms with Crippen molar-refractivity contribution in [2.75, 3.05) is 0 Å². The lowest BCUT2D eigenvalue weighted by Crippen LogP contribution is -2.46. The smallest absolute Gasteiger partial charge is 0.162 e. The van der Waals surface area contributed by atoms with Crippen molar-refractivity contribution in [3.05, 3.63) is 23.3 Å². The third-order valence-electron chi connectivity index (χ3n) is 7.02. The second-order valence-corrected chi connectivity index (χ2v) is 7.41. The third-order valence-corrected chi connectivity index (χ3v) is 7.02. The summed E-state index contributed by atoms with van der Waals surface area (Å²) in [4.78, 5) is 12.3. The number of carbonyl (C=O) groups excluding carboxylic acids is 1. The fourth-order valence-electron chi connectivity index (χ4n) is 6.53. The average Bonchev–Trinajstić information content (AvgIpc) is 2.76. The summed E-state index contributed by atoms with van der Waals surface area (Å²) < 4.78 is 6.07. The van der Waals surface area contributed by atoms with Crippen LogP contribution < -0.4 is 0 Å². The van der Waals surface area contributed by atoms with E-state index in [-0.39, 0.29) is 23.4 Å². The van der Waals surface area contributed by atoms with E-state index in [1.807, 2.05) is 6.08 Å². The van der Waals surface area contributed by atoms with E-state index in [1.54, 1.807) is 0 Å². The molecule has 0 aromatic heterocycles. The minimum absolute atomic E-state index is 0.00993. The van der Waals surface area contributed by atoms with Crippen LogP contribution in [0.1, 0.15) is 25.7 Å². The van der Waals surface area contributed by atoms with Gasteiger partial charge >= 0.3 is 0 Å². The molecule has 3 saturated carbocycles. The van der Waals surface area contributed by atoms with Crippen molar-refractivity contribution in [3.63, 3.8) is 0 Å². The fraction of sp³-hybridized carbons (Fsp3) is 0.688. The topological polar surface area (TPSA) is 46.5 Å². The molecule has 0 aromatic carbocycles. The third kappa shape index (κ3) is 0.746. The molecule has 3 nitrogen and oxygen atoms in total. The van der Waals surface area contributed by atoms with Gasteiger partial charge in [-0.1, -0.05) is 12.2 Å². The van der Waals surface area contributed by atoms with Crippen LogP contribution in [0, 0.1) is 22.7 Å². The lowest BCUT2D eigenvalue weighted by atomic mass is 9.60. The Morgan fingerprint density at radius 3 is 3.16 bits per heavy atom. The highest BCUT2D eigenvalue weighted by atomic mass is 16.5. The van der Waals surface area contributed by atoms with Crippen LogP contribution in [0.5, 0.6) is 0 Å². The Bertz CT molecular complexity index is 617. The van der Waals surface area contributed by atoms with Gasteiger partial charge in [-0.15, -0.1) is 0 Å². The predicted octanol–water partition coefficient (Wildman–Crippen LogP) is 1.37. The molecule has 5 aliphatic carbocycles. The number of ether oxygens (including phenoxy) is 1. The number of ketones is 1. The Kier molecular flexibility index (Phi) is 1.30. The van der Waals surface area contributed by atoms with E-state index in [9.17, 15) is 9.90 Å². The summed E-state index contributed by atoms with van der Waals surface area (Å²) in [6, 6.07) is 0. The molecule has 4 fully saturated rings. The molecule has 19 heavy (non-hydrogen) atoms. The molecule has 7 atom stereocenters. The lowest BCUT2D eigenvalue weighted by molar-refractivity contribution is -0.142. The van der Waals surface area contributed by atoms with Crippen molar-refractivity contribution in [2.45, 2.75) is 44.0 Å². The Hall–Kier alpha value is -0.930. The molecular weight excluding hydrogens is 240 g/mol. The first kappa shape index (κ1) is 9.89. The normalized spacial score (nSPS) is 62.6. The van der Waals surface area contributed by atoms with E-state index in [2.05, 4.69) is 6.08 Å². The number of fused-ring (bicyclic) bond motifs is 1. The van der Waals surface area contributed by atoms with Gasteiger partial charge in [0, 0.05) is 11.8 Å². The second kappa shape index (κ2) is 2.49. The molecule has 98 valence electrons. The molecule has 6 rings (SSSR count). The van der Waals surface area contributed by atoms with Crippen LogP contribution in [0.3, 0.4) is 0 Å². The van der Waals surface area contributed by atoms with Gasteiger partial charge in [0.1, 0.15) is 18.3 Å². The minimum atomic E-state index is -0.555. The Balaban J connectivity index is 1.68. The number of carbonyl (C=O) groups is 1. The van der Waals surface area contributed by atoms with Gasteiger partial charge in [0.25, 0.3) is 0 Å². The minimum Gasteiger partial charge on any atom is -0.386 e. The van der Waals surface area contributed by atoms with E-state index in [1.165, 1.54) is 17.6 Å². The molecule has 1 aliphatic heterocycles. The maximum Gasteiger partial charge on any atom is 0.162 e. The zero-order chi connectivity index (χ0) is 12.6. The summed E-state index contributed by atoms with van der Waals surface area (Å²) in [6.45, 7) is 0. The van der Waals surface area contributed by atoms with Crippen LogP contribution in [0.15, 0.2) is 23.3 Å². The zero-order valence-electron chi connectivity index (χ0n) is 10.6. The summed E-state index contributed by atoms with van der Waals surface area (Å²) in [5.41, 5.74) is 3.14. The predicted molar refractivity (Wildman–Crippen MR) is 66.2 cm³/mol. The van der Waals surface area contributed by atoms with Gasteiger partial charge in [0.15, 0.2) is 5.78 Å². The molecular formula is C16H16O3. The number of allylic oxidation sites excluding steroid dienone is 2. The molecule has 1 N–H and O–H groups in total. The van der Waals surface area contributed by atoms with E-state index < -0.39 is 6.10 Å². The van der Waals surface area contributed by atoms with Crippen LogP contribution in [0.25, 0.3) is 0 Å². The van der Waals surface area contributed by atoms with Crippen molar-refractivity contribution in [1.29, 1.82) is 0 Å². The molecule has 2 unspecified atom stereocenters. The van der Waals surface area contributed by atoms with Crippen LogP contribution in [0.2, 0.25) is 0 Å². The molecule has 2 spiro atoms. The Morgan fingerprint density at radius 2 is 2.26 bits per heavy atom. The van der Waals surface area contributed by atoms with E-state index in [4.69, 9.17) is 4.74 Å². The number of hydrogen-bond acceptors (Lipinski definition) is 3. The van der Waals surface area contributed by atoms with Crippen LogP contribution in [-0.4, -0.2) is 29.2 Å². The van der Waals surface area contributed by atoms with E-state index in [0.717, 1.165) is 18.8 Å². The summed E-state index contributed by atoms with van der Waals surface area (Å²) in [5, 5.41) is 10.2. The van der Waals surface area contributed by atoms with Gasteiger partial charge in [-0.2, -0.15) is 0 Å². The summed E-state index contributed by atoms with van der Waals surface area (Å²) in [6.07, 6.45) is 7.17. The van der Waals surface area contributed by atoms with E-state index >= 15 is 0 Å². The zero-order valence-corrected chi connectivity index (χ0v) is 10.6. The van der Waals surface area contributed by atoms with Gasteiger partial charge in [0.05, 0.1) is 0 Å². The average molecular weight is 256 g/mol. The quantitative estimate of drug-likeness (QED) is 0.712. The highest BCUT2D eigenvalue weighted by Gasteiger charge is 2.83. The van der Waals surface area contributed by atoms with Gasteiger partial charge in [-0.3, -0.25) is 4.79 Å². The van der Waals surface area contributed by atoms with Crippen molar-refractivity contribution >= 4 is 5.78 Å². The second-order valence-electron chi connectivity index (χ2n) is 7.41. The van der Waals surface area contributed by atoms with Crippen molar-refractivity contribution < 1.29 is 14.6 Å². The molecule has 0 radical (unpaired) electrons. The van der Waals surface area contributed by atoms with Crippen molar-refractivity contribution in [3.8, 4) is 0 Å². The molecule has 6 aliphatic rings. The number of rotatable bonds is 0. The highest BCUT2D eigenvalue weighted by Crippen LogP contribution is 2.86. The van der Waals surface area contributed by atoms with Crippen molar-refractivity contribution in [2.24, 2.45) is 22.7 Å². The summed E-state index contributed by atoms with van der Waals surface area (Å²) in [7, 11) is 0. The fourth-order valence-corrected chi connectivity index (χ4v) is 6.53. The molecule has 3 heteroatoms. The van der Waals surface area contributed by atoms with Gasteiger partial charge in [-0.25, -0.2) is 0 Å². The van der Waals surface area contributed by atoms with Crippen molar-refractivity contribution in [1.82, 2.24) is 0 Å². The standard InChI is InChI=1S/C16H16O3/c17-10-3-2-8-12-13(10)19-14-11(18)4-1-7-9-5-15(8,9)6-16(7,12)14/h2-3,7,9-10,13-14,17H,1,4-6H2/t7-,9-,10?,13?,14-,15+,16-/m0/s1. The van der Waals surface area contributed by atoms with Crippen LogP contribution in [0.4, 0.5) is 0 Å².